The summed E-state index contributed by atoms with van der Waals surface area (Å²) in [5.41, 5.74) is 6.38. The molecule has 0 saturated heterocycles. The van der Waals surface area contributed by atoms with Crippen molar-refractivity contribution in [1.29, 1.82) is 0 Å². The number of imidazole rings is 1. The maximum Gasteiger partial charge on any atom is 0.344 e. The second-order valence-corrected chi connectivity index (χ2v) is 9.35. The molecule has 1 aromatic carbocycles. The van der Waals surface area contributed by atoms with E-state index in [0.717, 1.165) is 0 Å². The Morgan fingerprint density at radius 2 is 1.86 bits per heavy atom. The Labute approximate surface area is 201 Å². The number of fused-ring (bicyclic) bond motifs is 1. The lowest BCUT2D eigenvalue weighted by atomic mass is 10.1. The summed E-state index contributed by atoms with van der Waals surface area (Å²) in [6.45, 7) is 5.05. The van der Waals surface area contributed by atoms with Gasteiger partial charge in [-0.15, -0.1) is 0 Å². The minimum atomic E-state index is -1.20. The van der Waals surface area contributed by atoms with Crippen molar-refractivity contribution in [2.45, 2.75) is 57.1 Å². The fraction of sp³-hybridized carbons (Fsp3) is 0.435. The molecule has 4 atom stereocenters. The number of hydrogen-bond acceptors (Lipinski definition) is 10. The fourth-order valence-electron chi connectivity index (χ4n) is 4.01. The van der Waals surface area contributed by atoms with Gasteiger partial charge in [-0.1, -0.05) is 0 Å². The monoisotopic (exact) mass is 484 g/mol. The molecule has 1 aliphatic rings. The highest BCUT2D eigenvalue weighted by Crippen LogP contribution is 2.33. The first-order valence-corrected chi connectivity index (χ1v) is 11.1. The van der Waals surface area contributed by atoms with Gasteiger partial charge in [-0.3, -0.25) is 4.79 Å². The second-order valence-electron chi connectivity index (χ2n) is 9.35. The molecular weight excluding hydrogens is 456 g/mol. The van der Waals surface area contributed by atoms with Crippen LogP contribution in [0.4, 0.5) is 5.82 Å². The van der Waals surface area contributed by atoms with Crippen LogP contribution in [0.2, 0.25) is 0 Å². The van der Waals surface area contributed by atoms with E-state index < -0.39 is 41.8 Å². The summed E-state index contributed by atoms with van der Waals surface area (Å²) in [5, 5.41) is 24.0. The lowest BCUT2D eigenvalue weighted by Gasteiger charge is -2.19. The van der Waals surface area contributed by atoms with E-state index in [0.29, 0.717) is 22.5 Å². The minimum absolute atomic E-state index is 0.213. The normalized spacial score (nSPS) is 22.2. The highest BCUT2D eigenvalue weighted by atomic mass is 16.6. The SMILES string of the molecule is CC(C)(C)OC(=O)COc1ccc(C(=O)N[C@@H]2C[C@H](n3cnc4c(N)ncnc43)[C@H](O)[C@@H]2O)cc1. The molecule has 4 rings (SSSR count). The summed E-state index contributed by atoms with van der Waals surface area (Å²) >= 11 is 0. The van der Waals surface area contributed by atoms with Crippen LogP contribution in [-0.4, -0.2) is 72.1 Å². The summed E-state index contributed by atoms with van der Waals surface area (Å²) in [6.07, 6.45) is 0.680. The molecule has 0 aliphatic heterocycles. The van der Waals surface area contributed by atoms with Crippen molar-refractivity contribution in [1.82, 2.24) is 24.8 Å². The molecule has 1 aliphatic carbocycles. The number of nitrogens with one attached hydrogen (secondary N) is 1. The molecule has 35 heavy (non-hydrogen) atoms. The molecule has 1 saturated carbocycles. The maximum absolute atomic E-state index is 12.8. The van der Waals surface area contributed by atoms with E-state index in [2.05, 4.69) is 20.3 Å². The number of hydrogen-bond donors (Lipinski definition) is 4. The number of amides is 1. The number of aliphatic hydroxyl groups excluding tert-OH is 2. The lowest BCUT2D eigenvalue weighted by Crippen LogP contribution is -2.43. The molecule has 0 spiro atoms. The molecule has 3 aromatic rings. The third-order valence-electron chi connectivity index (χ3n) is 5.61. The Balaban J connectivity index is 1.38. The van der Waals surface area contributed by atoms with E-state index >= 15 is 0 Å². The van der Waals surface area contributed by atoms with E-state index in [1.807, 2.05) is 0 Å². The Kier molecular flexibility index (Phi) is 6.59. The van der Waals surface area contributed by atoms with Crippen LogP contribution >= 0.6 is 0 Å². The average molecular weight is 485 g/mol. The van der Waals surface area contributed by atoms with Crippen LogP contribution in [0.1, 0.15) is 43.6 Å². The van der Waals surface area contributed by atoms with Gasteiger partial charge in [0.2, 0.25) is 0 Å². The zero-order valence-electron chi connectivity index (χ0n) is 19.6. The quantitative estimate of drug-likeness (QED) is 0.362. The van der Waals surface area contributed by atoms with Gasteiger partial charge in [0.15, 0.2) is 18.1 Å². The Morgan fingerprint density at radius 3 is 2.54 bits per heavy atom. The molecule has 12 heteroatoms. The van der Waals surface area contributed by atoms with E-state index in [1.54, 1.807) is 37.5 Å². The summed E-state index contributed by atoms with van der Waals surface area (Å²) in [7, 11) is 0. The van der Waals surface area contributed by atoms with E-state index in [-0.39, 0.29) is 18.8 Å². The first-order chi connectivity index (χ1) is 16.5. The molecule has 1 fully saturated rings. The fourth-order valence-corrected chi connectivity index (χ4v) is 4.01. The lowest BCUT2D eigenvalue weighted by molar-refractivity contribution is -0.157. The van der Waals surface area contributed by atoms with Gasteiger partial charge >= 0.3 is 5.97 Å². The van der Waals surface area contributed by atoms with Crippen molar-refractivity contribution in [2.75, 3.05) is 12.3 Å². The third kappa shape index (κ3) is 5.33. The number of nitrogens with two attached hydrogens (primary N) is 1. The van der Waals surface area contributed by atoms with Gasteiger partial charge in [0.25, 0.3) is 5.91 Å². The van der Waals surface area contributed by atoms with Crippen molar-refractivity contribution in [3.8, 4) is 5.75 Å². The zero-order chi connectivity index (χ0) is 25.3. The summed E-state index contributed by atoms with van der Waals surface area (Å²) in [6, 6.07) is 4.92. The Morgan fingerprint density at radius 1 is 1.14 bits per heavy atom. The van der Waals surface area contributed by atoms with Crippen molar-refractivity contribution in [3.63, 3.8) is 0 Å². The van der Waals surface area contributed by atoms with Crippen molar-refractivity contribution < 1.29 is 29.3 Å². The number of carbonyl (C=O) groups is 2. The second kappa shape index (κ2) is 9.47. The molecule has 0 radical (unpaired) electrons. The van der Waals surface area contributed by atoms with Crippen molar-refractivity contribution in [2.24, 2.45) is 0 Å². The van der Waals surface area contributed by atoms with E-state index in [4.69, 9.17) is 15.2 Å². The molecular formula is C23H28N6O6. The minimum Gasteiger partial charge on any atom is -0.482 e. The molecule has 5 N–H and O–H groups in total. The standard InChI is InChI=1S/C23H28N6O6/c1-23(2,3)35-16(30)9-34-13-6-4-12(5-7-13)22(33)28-14-8-15(19(32)18(14)31)29-11-27-17-20(24)25-10-26-21(17)29/h4-7,10-11,14-15,18-19,31-32H,8-9H2,1-3H3,(H,28,33)(H2,24,25,26)/t14-,15+,18-,19+/m1/s1. The molecule has 0 unspecified atom stereocenters. The zero-order valence-corrected chi connectivity index (χ0v) is 19.6. The maximum atomic E-state index is 12.8. The van der Waals surface area contributed by atoms with E-state index in [1.165, 1.54) is 24.8 Å². The number of benzene rings is 1. The number of esters is 1. The van der Waals surface area contributed by atoms with Gasteiger partial charge in [-0.05, 0) is 51.5 Å². The van der Waals surface area contributed by atoms with Crippen LogP contribution in [0.5, 0.6) is 5.75 Å². The first-order valence-electron chi connectivity index (χ1n) is 11.1. The van der Waals surface area contributed by atoms with Crippen molar-refractivity contribution >= 4 is 28.9 Å². The van der Waals surface area contributed by atoms with Crippen LogP contribution in [-0.2, 0) is 9.53 Å². The molecule has 186 valence electrons. The van der Waals surface area contributed by atoms with Crippen molar-refractivity contribution in [3.05, 3.63) is 42.5 Å². The van der Waals surface area contributed by atoms with Crippen LogP contribution < -0.4 is 15.8 Å². The highest BCUT2D eigenvalue weighted by molar-refractivity contribution is 5.94. The highest BCUT2D eigenvalue weighted by Gasteiger charge is 2.43. The molecule has 2 heterocycles. The molecule has 1 amide bonds. The smallest absolute Gasteiger partial charge is 0.344 e. The number of aliphatic hydroxyl groups is 2. The molecule has 2 aromatic heterocycles. The number of aromatic nitrogens is 4. The topological polar surface area (TPSA) is 175 Å². The van der Waals surface area contributed by atoms with Gasteiger partial charge in [-0.2, -0.15) is 0 Å². The predicted octanol–water partition coefficient (Wildman–Crippen LogP) is 0.594. The number of nitrogens with zero attached hydrogens (tertiary/aromatic N) is 4. The van der Waals surface area contributed by atoms with Crippen LogP contribution in [0.3, 0.4) is 0 Å². The number of rotatable bonds is 6. The predicted molar refractivity (Wildman–Crippen MR) is 124 cm³/mol. The van der Waals surface area contributed by atoms with Crippen LogP contribution in [0.25, 0.3) is 11.2 Å². The summed E-state index contributed by atoms with van der Waals surface area (Å²) in [5.74, 6) is -0.313. The number of ether oxygens (including phenoxy) is 2. The average Bonchev–Trinajstić information content (AvgIpc) is 3.34. The van der Waals surface area contributed by atoms with Gasteiger partial charge < -0.3 is 35.3 Å². The van der Waals surface area contributed by atoms with Crippen LogP contribution in [0, 0.1) is 0 Å². The Hall–Kier alpha value is -3.77. The number of carbonyl (C=O) groups excluding carboxylic acids is 2. The Bertz CT molecular complexity index is 1220. The van der Waals surface area contributed by atoms with Crippen LogP contribution in [0.15, 0.2) is 36.9 Å². The largest absolute Gasteiger partial charge is 0.482 e. The first kappa shape index (κ1) is 24.4. The third-order valence-corrected chi connectivity index (χ3v) is 5.61. The van der Waals surface area contributed by atoms with Gasteiger partial charge in [0.05, 0.1) is 18.4 Å². The summed E-state index contributed by atoms with van der Waals surface area (Å²) < 4.78 is 12.2. The van der Waals surface area contributed by atoms with E-state index in [9.17, 15) is 19.8 Å². The van der Waals surface area contributed by atoms with Gasteiger partial charge in [-0.25, -0.2) is 19.7 Å². The van der Waals surface area contributed by atoms with Gasteiger partial charge in [0.1, 0.15) is 35.4 Å². The van der Waals surface area contributed by atoms with Gasteiger partial charge in [0, 0.05) is 5.56 Å². The number of nitrogen functional groups attached to an aromatic ring is 1. The molecule has 0 bridgehead atoms. The summed E-state index contributed by atoms with van der Waals surface area (Å²) in [4.78, 5) is 36.8. The molecule has 12 nitrogen and oxygen atoms in total. The number of anilines is 1.